The molecule has 0 saturated heterocycles. The lowest BCUT2D eigenvalue weighted by Crippen LogP contribution is -2.70. The van der Waals surface area contributed by atoms with E-state index >= 15 is 0 Å². The molecule has 0 heterocycles. The molecule has 0 aromatic rings. The average Bonchev–Trinajstić information content (AvgIpc) is 3.06. The summed E-state index contributed by atoms with van der Waals surface area (Å²) in [6.45, 7) is 16.2. The molecule has 4 heteroatoms. The van der Waals surface area contributed by atoms with E-state index in [2.05, 4.69) is 48.5 Å². The summed E-state index contributed by atoms with van der Waals surface area (Å²) in [6, 6.07) is 0. The molecule has 33 heavy (non-hydrogen) atoms. The number of aliphatic hydroxyl groups is 4. The van der Waals surface area contributed by atoms with Crippen LogP contribution in [0.5, 0.6) is 0 Å². The van der Waals surface area contributed by atoms with E-state index in [-0.39, 0.29) is 23.7 Å². The van der Waals surface area contributed by atoms with E-state index in [1.807, 2.05) is 0 Å². The van der Waals surface area contributed by atoms with Crippen LogP contribution in [0.3, 0.4) is 0 Å². The van der Waals surface area contributed by atoms with Gasteiger partial charge in [-0.25, -0.2) is 0 Å². The van der Waals surface area contributed by atoms with Gasteiger partial charge < -0.3 is 20.4 Å². The molecule has 4 saturated carbocycles. The van der Waals surface area contributed by atoms with E-state index in [1.165, 1.54) is 5.57 Å². The van der Waals surface area contributed by atoms with Gasteiger partial charge in [0.1, 0.15) is 0 Å². The van der Waals surface area contributed by atoms with Gasteiger partial charge in [0.15, 0.2) is 0 Å². The average molecular weight is 463 g/mol. The lowest BCUT2D eigenvalue weighted by molar-refractivity contribution is -0.279. The van der Waals surface area contributed by atoms with Crippen LogP contribution in [-0.2, 0) is 0 Å². The Morgan fingerprint density at radius 2 is 1.70 bits per heavy atom. The first-order valence-electron chi connectivity index (χ1n) is 13.7. The maximum absolute atomic E-state index is 11.7. The minimum atomic E-state index is -1.31. The zero-order chi connectivity index (χ0) is 24.5. The highest BCUT2D eigenvalue weighted by molar-refractivity contribution is 5.30. The summed E-state index contributed by atoms with van der Waals surface area (Å²) in [4.78, 5) is 0. The van der Waals surface area contributed by atoms with Gasteiger partial charge in [-0.1, -0.05) is 52.7 Å². The van der Waals surface area contributed by atoms with Gasteiger partial charge in [-0.2, -0.15) is 0 Å². The lowest BCUT2D eigenvalue weighted by Gasteiger charge is -2.66. The summed E-state index contributed by atoms with van der Waals surface area (Å²) in [5.74, 6) is 2.64. The quantitative estimate of drug-likeness (QED) is 0.439. The van der Waals surface area contributed by atoms with Crippen LogP contribution in [0.4, 0.5) is 0 Å². The van der Waals surface area contributed by atoms with Gasteiger partial charge in [0, 0.05) is 11.8 Å². The highest BCUT2D eigenvalue weighted by atomic mass is 16.3. The molecular formula is C29H50O4. The van der Waals surface area contributed by atoms with Crippen molar-refractivity contribution in [3.05, 3.63) is 11.1 Å². The Labute approximate surface area is 201 Å². The second-order valence-electron chi connectivity index (χ2n) is 13.6. The van der Waals surface area contributed by atoms with Crippen molar-refractivity contribution in [1.29, 1.82) is 0 Å². The number of rotatable bonds is 4. The Morgan fingerprint density at radius 3 is 2.33 bits per heavy atom. The highest BCUT2D eigenvalue weighted by Gasteiger charge is 2.69. The molecule has 0 amide bonds. The van der Waals surface area contributed by atoms with Gasteiger partial charge in [-0.05, 0) is 92.8 Å². The van der Waals surface area contributed by atoms with Gasteiger partial charge in [0.2, 0.25) is 0 Å². The van der Waals surface area contributed by atoms with Gasteiger partial charge in [-0.3, -0.25) is 0 Å². The largest absolute Gasteiger partial charge is 0.393 e. The number of aliphatic hydroxyl groups excluding tert-OH is 3. The first kappa shape index (κ1) is 25.7. The molecule has 0 radical (unpaired) electrons. The normalized spacial score (nSPS) is 50.9. The fraction of sp³-hybridized carbons (Fsp3) is 0.931. The molecule has 4 nitrogen and oxygen atoms in total. The molecule has 4 rings (SSSR count). The standard InChI is InChI=1S/C29H50O4/c1-16(2)19(5)17(3)12-18(4)22-8-9-23-21-13-25(32)29(33)14-20(30)10-11-28(29,7)26(21)24(31)15-27(22,23)6/h16-17,19-21,23-26,30-33H,8-15H2,1-7H3/b22-18-/t17-,19-,20+,21+,23+,24-,25-,26-,27-,28-,29+/m1/s1. The minimum Gasteiger partial charge on any atom is -0.393 e. The molecule has 0 unspecified atom stereocenters. The van der Waals surface area contributed by atoms with Gasteiger partial charge in [0.25, 0.3) is 0 Å². The highest BCUT2D eigenvalue weighted by Crippen LogP contribution is 2.68. The second kappa shape index (κ2) is 8.61. The molecule has 0 aromatic heterocycles. The van der Waals surface area contributed by atoms with Crippen molar-refractivity contribution in [2.75, 3.05) is 0 Å². The smallest absolute Gasteiger partial charge is 0.0986 e. The third-order valence-corrected chi connectivity index (χ3v) is 11.6. The van der Waals surface area contributed by atoms with Crippen molar-refractivity contribution < 1.29 is 20.4 Å². The van der Waals surface area contributed by atoms with Gasteiger partial charge in [0.05, 0.1) is 23.9 Å². The predicted octanol–water partition coefficient (Wildman–Crippen LogP) is 5.08. The summed E-state index contributed by atoms with van der Waals surface area (Å²) in [6.07, 6.45) is 4.26. The maximum Gasteiger partial charge on any atom is 0.0986 e. The molecule has 4 N–H and O–H groups in total. The Morgan fingerprint density at radius 1 is 1.03 bits per heavy atom. The van der Waals surface area contributed by atoms with Crippen LogP contribution in [0.25, 0.3) is 0 Å². The Hall–Kier alpha value is -0.420. The lowest BCUT2D eigenvalue weighted by atomic mass is 9.42. The molecule has 0 bridgehead atoms. The zero-order valence-corrected chi connectivity index (χ0v) is 22.1. The van der Waals surface area contributed by atoms with E-state index in [0.717, 1.165) is 25.7 Å². The topological polar surface area (TPSA) is 80.9 Å². The predicted molar refractivity (Wildman–Crippen MR) is 132 cm³/mol. The molecule has 4 aliphatic rings. The fourth-order valence-corrected chi connectivity index (χ4v) is 9.35. The molecule has 0 spiro atoms. The van der Waals surface area contributed by atoms with Gasteiger partial charge in [-0.15, -0.1) is 0 Å². The first-order valence-corrected chi connectivity index (χ1v) is 13.7. The number of fused-ring (bicyclic) bond motifs is 5. The van der Waals surface area contributed by atoms with Crippen LogP contribution in [-0.4, -0.2) is 44.3 Å². The van der Waals surface area contributed by atoms with Crippen LogP contribution in [0.1, 0.15) is 99.8 Å². The Kier molecular flexibility index (Phi) is 6.69. The molecule has 11 atom stereocenters. The monoisotopic (exact) mass is 462 g/mol. The van der Waals surface area contributed by atoms with Crippen molar-refractivity contribution in [3.63, 3.8) is 0 Å². The van der Waals surface area contributed by atoms with E-state index in [9.17, 15) is 20.4 Å². The second-order valence-corrected chi connectivity index (χ2v) is 13.6. The summed E-state index contributed by atoms with van der Waals surface area (Å²) >= 11 is 0. The van der Waals surface area contributed by atoms with Crippen molar-refractivity contribution in [1.82, 2.24) is 0 Å². The molecular weight excluding hydrogens is 412 g/mol. The molecule has 4 aliphatic carbocycles. The minimum absolute atomic E-state index is 0.0176. The van der Waals surface area contributed by atoms with E-state index in [4.69, 9.17) is 0 Å². The number of hydrogen-bond donors (Lipinski definition) is 4. The molecule has 0 aromatic carbocycles. The summed E-state index contributed by atoms with van der Waals surface area (Å²) < 4.78 is 0. The van der Waals surface area contributed by atoms with Crippen LogP contribution in [0.2, 0.25) is 0 Å². The third-order valence-electron chi connectivity index (χ3n) is 11.6. The first-order chi connectivity index (χ1) is 15.3. The summed E-state index contributed by atoms with van der Waals surface area (Å²) in [7, 11) is 0. The van der Waals surface area contributed by atoms with Crippen molar-refractivity contribution in [3.8, 4) is 0 Å². The van der Waals surface area contributed by atoms with Gasteiger partial charge >= 0.3 is 0 Å². The zero-order valence-electron chi connectivity index (χ0n) is 22.1. The van der Waals surface area contributed by atoms with E-state index in [0.29, 0.717) is 42.9 Å². The maximum atomic E-state index is 11.7. The fourth-order valence-electron chi connectivity index (χ4n) is 9.35. The Balaban J connectivity index is 1.65. The van der Waals surface area contributed by atoms with Crippen LogP contribution >= 0.6 is 0 Å². The van der Waals surface area contributed by atoms with Crippen molar-refractivity contribution >= 4 is 0 Å². The van der Waals surface area contributed by atoms with Crippen LogP contribution in [0.15, 0.2) is 11.1 Å². The molecule has 190 valence electrons. The number of allylic oxidation sites excluding steroid dienone is 2. The third kappa shape index (κ3) is 3.77. The SMILES string of the molecule is C/C(C[C@@H](C)[C@H](C)C(C)C)=C1\CC[C@H]2[C@@H]3C[C@@H](O)[C@@]4(O)C[C@@H](O)CC[C@]4(C)[C@H]3[C@H](O)C[C@]12C. The van der Waals surface area contributed by atoms with Crippen molar-refractivity contribution in [2.45, 2.75) is 124 Å². The van der Waals surface area contributed by atoms with E-state index in [1.54, 1.807) is 5.57 Å². The summed E-state index contributed by atoms with van der Waals surface area (Å²) in [5, 5.41) is 44.8. The molecule has 0 aliphatic heterocycles. The van der Waals surface area contributed by atoms with E-state index < -0.39 is 29.3 Å². The van der Waals surface area contributed by atoms with Crippen LogP contribution in [0, 0.1) is 46.3 Å². The molecule has 4 fully saturated rings. The summed E-state index contributed by atoms with van der Waals surface area (Å²) in [5.41, 5.74) is 1.19. The Bertz CT molecular complexity index is 776. The number of hydrogen-bond acceptors (Lipinski definition) is 4. The van der Waals surface area contributed by atoms with Crippen molar-refractivity contribution in [2.24, 2.45) is 46.3 Å². The van der Waals surface area contributed by atoms with Crippen LogP contribution < -0.4 is 0 Å².